The number of urea groups is 1. The van der Waals surface area contributed by atoms with Gasteiger partial charge in [-0.1, -0.05) is 37.0 Å². The van der Waals surface area contributed by atoms with Crippen molar-refractivity contribution in [3.8, 4) is 0 Å². The Morgan fingerprint density at radius 3 is 2.40 bits per heavy atom. The molecule has 0 aliphatic carbocycles. The predicted octanol–water partition coefficient (Wildman–Crippen LogP) is 2.68. The fourth-order valence-electron chi connectivity index (χ4n) is 1.74. The van der Waals surface area contributed by atoms with Crippen LogP contribution in [0.2, 0.25) is 10.2 Å². The average Bonchev–Trinajstić information content (AvgIpc) is 2.69. The van der Waals surface area contributed by atoms with Crippen molar-refractivity contribution >= 4 is 29.2 Å². The molecule has 0 bridgehead atoms. The minimum Gasteiger partial charge on any atom is -0.388 e. The molecule has 0 aliphatic rings. The molecule has 0 aliphatic heterocycles. The first-order chi connectivity index (χ1) is 9.33. The highest BCUT2D eigenvalue weighted by atomic mass is 35.5. The number of nitrogens with one attached hydrogen (secondary N) is 2. The summed E-state index contributed by atoms with van der Waals surface area (Å²) in [5.41, 5.74) is -0.0500. The van der Waals surface area contributed by atoms with E-state index in [1.165, 1.54) is 0 Å². The van der Waals surface area contributed by atoms with Crippen LogP contribution >= 0.6 is 23.2 Å². The molecular weight excluding hydrogens is 301 g/mol. The molecule has 1 heterocycles. The molecule has 1 aromatic heterocycles. The van der Waals surface area contributed by atoms with Crippen molar-refractivity contribution in [3.63, 3.8) is 0 Å². The molecule has 2 amide bonds. The minimum absolute atomic E-state index is 0.223. The van der Waals surface area contributed by atoms with Crippen molar-refractivity contribution in [2.24, 2.45) is 7.05 Å². The Bertz CT molecular complexity index is 470. The van der Waals surface area contributed by atoms with Gasteiger partial charge in [-0.25, -0.2) is 4.79 Å². The van der Waals surface area contributed by atoms with E-state index in [0.717, 1.165) is 5.69 Å². The van der Waals surface area contributed by atoms with Crippen LogP contribution in [0.25, 0.3) is 0 Å². The van der Waals surface area contributed by atoms with Gasteiger partial charge in [-0.2, -0.15) is 0 Å². The summed E-state index contributed by atoms with van der Waals surface area (Å²) < 4.78 is 1.71. The number of amides is 2. The minimum atomic E-state index is -0.852. The summed E-state index contributed by atoms with van der Waals surface area (Å²) in [5, 5.41) is 16.3. The van der Waals surface area contributed by atoms with E-state index in [1.54, 1.807) is 17.7 Å². The van der Waals surface area contributed by atoms with E-state index in [1.807, 2.05) is 13.8 Å². The van der Waals surface area contributed by atoms with Crippen LogP contribution in [-0.4, -0.2) is 27.9 Å². The van der Waals surface area contributed by atoms with E-state index in [4.69, 9.17) is 23.2 Å². The third-order valence-corrected chi connectivity index (χ3v) is 4.38. The molecule has 20 heavy (non-hydrogen) atoms. The van der Waals surface area contributed by atoms with E-state index >= 15 is 0 Å². The van der Waals surface area contributed by atoms with Gasteiger partial charge >= 0.3 is 6.03 Å². The number of hydrogen-bond acceptors (Lipinski definition) is 2. The summed E-state index contributed by atoms with van der Waals surface area (Å²) >= 11 is 11.8. The maximum atomic E-state index is 11.7. The monoisotopic (exact) mass is 321 g/mol. The van der Waals surface area contributed by atoms with Crippen molar-refractivity contribution in [2.45, 2.75) is 38.8 Å². The molecule has 0 saturated carbocycles. The number of rotatable bonds is 6. The van der Waals surface area contributed by atoms with Crippen molar-refractivity contribution < 1.29 is 9.90 Å². The zero-order valence-corrected chi connectivity index (χ0v) is 13.5. The van der Waals surface area contributed by atoms with Crippen LogP contribution in [0.5, 0.6) is 0 Å². The molecule has 0 saturated heterocycles. The van der Waals surface area contributed by atoms with Crippen LogP contribution < -0.4 is 10.6 Å². The van der Waals surface area contributed by atoms with Crippen LogP contribution in [0.15, 0.2) is 6.07 Å². The first-order valence-corrected chi connectivity index (χ1v) is 7.32. The van der Waals surface area contributed by atoms with Crippen LogP contribution in [0.1, 0.15) is 32.4 Å². The molecule has 0 aromatic carbocycles. The summed E-state index contributed by atoms with van der Waals surface area (Å²) in [6.45, 7) is 4.31. The zero-order valence-electron chi connectivity index (χ0n) is 12.0. The third-order valence-electron chi connectivity index (χ3n) is 3.54. The van der Waals surface area contributed by atoms with Gasteiger partial charge in [0.05, 0.1) is 17.2 Å². The number of aromatic nitrogens is 1. The maximum Gasteiger partial charge on any atom is 0.315 e. The molecule has 5 nitrogen and oxygen atoms in total. The maximum absolute atomic E-state index is 11.7. The predicted molar refractivity (Wildman–Crippen MR) is 81.2 cm³/mol. The first-order valence-electron chi connectivity index (χ1n) is 6.56. The van der Waals surface area contributed by atoms with Crippen molar-refractivity contribution in [1.29, 1.82) is 0 Å². The summed E-state index contributed by atoms with van der Waals surface area (Å²) in [6, 6.07) is 1.37. The SMILES string of the molecule is CCC(O)(CC)CNC(=O)NCc1cc(Cl)c(Cl)n1C. The summed E-state index contributed by atoms with van der Waals surface area (Å²) in [5.74, 6) is 0. The Morgan fingerprint density at radius 1 is 1.35 bits per heavy atom. The second-order valence-corrected chi connectivity index (χ2v) is 5.57. The fourth-order valence-corrected chi connectivity index (χ4v) is 2.15. The second-order valence-electron chi connectivity index (χ2n) is 4.80. The van der Waals surface area contributed by atoms with Crippen molar-refractivity contribution in [1.82, 2.24) is 15.2 Å². The van der Waals surface area contributed by atoms with Gasteiger partial charge in [-0.15, -0.1) is 0 Å². The lowest BCUT2D eigenvalue weighted by atomic mass is 9.98. The highest BCUT2D eigenvalue weighted by Gasteiger charge is 2.22. The lowest BCUT2D eigenvalue weighted by Gasteiger charge is -2.25. The van der Waals surface area contributed by atoms with Gasteiger partial charge < -0.3 is 20.3 Å². The zero-order chi connectivity index (χ0) is 15.3. The Balaban J connectivity index is 2.46. The molecule has 0 spiro atoms. The van der Waals surface area contributed by atoms with Crippen LogP contribution in [0.3, 0.4) is 0 Å². The fraction of sp³-hybridized carbons (Fsp3) is 0.615. The smallest absolute Gasteiger partial charge is 0.315 e. The van der Waals surface area contributed by atoms with E-state index in [2.05, 4.69) is 10.6 Å². The third kappa shape index (κ3) is 4.30. The van der Waals surface area contributed by atoms with Crippen LogP contribution in [-0.2, 0) is 13.6 Å². The Kier molecular flexibility index (Phi) is 6.17. The molecular formula is C13H21Cl2N3O2. The molecule has 7 heteroatoms. The largest absolute Gasteiger partial charge is 0.388 e. The van der Waals surface area contributed by atoms with Gasteiger partial charge in [0.1, 0.15) is 5.15 Å². The first kappa shape index (κ1) is 17.1. The Labute approximate surface area is 129 Å². The van der Waals surface area contributed by atoms with Gasteiger partial charge in [-0.3, -0.25) is 0 Å². The van der Waals surface area contributed by atoms with E-state index in [9.17, 15) is 9.90 Å². The molecule has 0 unspecified atom stereocenters. The highest BCUT2D eigenvalue weighted by molar-refractivity contribution is 6.41. The number of nitrogens with zero attached hydrogens (tertiary/aromatic N) is 1. The van der Waals surface area contributed by atoms with Gasteiger partial charge in [0, 0.05) is 19.3 Å². The van der Waals surface area contributed by atoms with Gasteiger partial charge in [0.15, 0.2) is 0 Å². The van der Waals surface area contributed by atoms with E-state index < -0.39 is 5.60 Å². The van der Waals surface area contributed by atoms with Crippen LogP contribution in [0.4, 0.5) is 4.79 Å². The number of hydrogen-bond donors (Lipinski definition) is 3. The van der Waals surface area contributed by atoms with Gasteiger partial charge in [-0.05, 0) is 18.9 Å². The topological polar surface area (TPSA) is 66.3 Å². The molecule has 0 radical (unpaired) electrons. The number of carbonyl (C=O) groups is 1. The molecule has 0 fully saturated rings. The highest BCUT2D eigenvalue weighted by Crippen LogP contribution is 2.24. The molecule has 1 rings (SSSR count). The van der Waals surface area contributed by atoms with E-state index in [-0.39, 0.29) is 12.6 Å². The quantitative estimate of drug-likeness (QED) is 0.754. The number of aliphatic hydroxyl groups is 1. The van der Waals surface area contributed by atoms with Crippen LogP contribution in [0, 0.1) is 0 Å². The summed E-state index contributed by atoms with van der Waals surface area (Å²) in [7, 11) is 1.77. The Hall–Kier alpha value is -0.910. The van der Waals surface area contributed by atoms with Crippen molar-refractivity contribution in [2.75, 3.05) is 6.54 Å². The molecule has 1 aromatic rings. The number of carbonyl (C=O) groups excluding carboxylic acids is 1. The normalized spacial score (nSPS) is 11.5. The average molecular weight is 322 g/mol. The summed E-state index contributed by atoms with van der Waals surface area (Å²) in [6.07, 6.45) is 1.18. The van der Waals surface area contributed by atoms with E-state index in [0.29, 0.717) is 29.6 Å². The van der Waals surface area contributed by atoms with Crippen molar-refractivity contribution in [3.05, 3.63) is 21.9 Å². The standard InChI is InChI=1S/C13H21Cl2N3O2/c1-4-13(20,5-2)8-17-12(19)16-7-9-6-10(14)11(15)18(9)3/h6,20H,4-5,7-8H2,1-3H3,(H2,16,17,19). The van der Waals surface area contributed by atoms with Gasteiger partial charge in [0.25, 0.3) is 0 Å². The molecule has 3 N–H and O–H groups in total. The number of halogens is 2. The lowest BCUT2D eigenvalue weighted by Crippen LogP contribution is -2.45. The lowest BCUT2D eigenvalue weighted by molar-refractivity contribution is 0.0349. The Morgan fingerprint density at radius 2 is 1.95 bits per heavy atom. The second kappa shape index (κ2) is 7.20. The molecule has 114 valence electrons. The summed E-state index contributed by atoms with van der Waals surface area (Å²) in [4.78, 5) is 11.7. The van der Waals surface area contributed by atoms with Gasteiger partial charge in [0.2, 0.25) is 0 Å². The molecule has 0 atom stereocenters.